The number of rotatable bonds is 4. The molecule has 0 radical (unpaired) electrons. The zero-order valence-electron chi connectivity index (χ0n) is 9.21. The van der Waals surface area contributed by atoms with E-state index in [4.69, 9.17) is 11.6 Å². The maximum absolute atomic E-state index is 11.8. The molecule has 1 unspecified atom stereocenters. The summed E-state index contributed by atoms with van der Waals surface area (Å²) in [5, 5.41) is 19.3. The fourth-order valence-corrected chi connectivity index (χ4v) is 2.17. The normalized spacial score (nSPS) is 12.1. The highest BCUT2D eigenvalue weighted by atomic mass is 35.5. The van der Waals surface area contributed by atoms with Crippen LogP contribution in [0.25, 0.3) is 0 Å². The molecule has 94 valence electrons. The molecule has 0 bridgehead atoms. The van der Waals surface area contributed by atoms with E-state index in [1.165, 1.54) is 0 Å². The number of benzene rings is 1. The summed E-state index contributed by atoms with van der Waals surface area (Å²) in [6.07, 6.45) is 0. The Bertz CT molecular complexity index is 532. The number of carbonyl (C=O) groups is 1. The Balaban J connectivity index is 2.10. The Morgan fingerprint density at radius 3 is 2.67 bits per heavy atom. The molecule has 0 saturated heterocycles. The highest BCUT2D eigenvalue weighted by Crippen LogP contribution is 2.17. The van der Waals surface area contributed by atoms with Gasteiger partial charge in [0.25, 0.3) is 5.91 Å². The Morgan fingerprint density at radius 1 is 1.39 bits per heavy atom. The molecule has 5 nitrogen and oxygen atoms in total. The van der Waals surface area contributed by atoms with E-state index in [9.17, 15) is 9.90 Å². The molecule has 0 fully saturated rings. The Hall–Kier alpha value is -1.50. The van der Waals surface area contributed by atoms with E-state index >= 15 is 0 Å². The zero-order valence-corrected chi connectivity index (χ0v) is 10.8. The highest BCUT2D eigenvalue weighted by molar-refractivity contribution is 7.17. The number of halogens is 1. The summed E-state index contributed by atoms with van der Waals surface area (Å²) < 4.78 is 0.209. The average molecular weight is 284 g/mol. The summed E-state index contributed by atoms with van der Waals surface area (Å²) in [4.78, 5) is 11.8. The fraction of sp³-hybridized carbons (Fsp3) is 0.182. The molecule has 1 aromatic heterocycles. The number of carbonyl (C=O) groups excluding carboxylic acids is 1. The first-order valence-electron chi connectivity index (χ1n) is 5.16. The van der Waals surface area contributed by atoms with E-state index in [0.717, 1.165) is 16.9 Å². The Kier molecular flexibility index (Phi) is 4.24. The molecule has 0 saturated carbocycles. The first kappa shape index (κ1) is 12.9. The van der Waals surface area contributed by atoms with Gasteiger partial charge in [0.15, 0.2) is 0 Å². The van der Waals surface area contributed by atoms with Gasteiger partial charge in [-0.2, -0.15) is 0 Å². The first-order valence-corrected chi connectivity index (χ1v) is 6.36. The lowest BCUT2D eigenvalue weighted by molar-refractivity contribution is 0.0915. The summed E-state index contributed by atoms with van der Waals surface area (Å²) in [5.41, 5.74) is 0.823. The number of aromatic nitrogens is 2. The van der Waals surface area contributed by atoms with Crippen molar-refractivity contribution in [2.45, 2.75) is 6.04 Å². The minimum absolute atomic E-state index is 0.175. The number of nitrogens with zero attached hydrogens (tertiary/aromatic N) is 2. The van der Waals surface area contributed by atoms with Gasteiger partial charge < -0.3 is 10.4 Å². The third-order valence-electron chi connectivity index (χ3n) is 2.28. The van der Waals surface area contributed by atoms with Gasteiger partial charge in [0, 0.05) is 0 Å². The predicted octanol–water partition coefficient (Wildman–Crippen LogP) is 1.65. The first-order chi connectivity index (χ1) is 8.70. The molecule has 1 heterocycles. The topological polar surface area (TPSA) is 75.1 Å². The second kappa shape index (κ2) is 5.90. The van der Waals surface area contributed by atoms with Gasteiger partial charge in [-0.1, -0.05) is 41.7 Å². The van der Waals surface area contributed by atoms with Crippen LogP contribution in [0.2, 0.25) is 4.47 Å². The lowest BCUT2D eigenvalue weighted by Gasteiger charge is -2.15. The van der Waals surface area contributed by atoms with Crippen LogP contribution in [0.5, 0.6) is 0 Å². The van der Waals surface area contributed by atoms with Crippen molar-refractivity contribution in [2.24, 2.45) is 0 Å². The van der Waals surface area contributed by atoms with Crippen LogP contribution >= 0.6 is 22.9 Å². The van der Waals surface area contributed by atoms with Gasteiger partial charge in [-0.15, -0.1) is 10.2 Å². The summed E-state index contributed by atoms with van der Waals surface area (Å²) in [6, 6.07) is 8.73. The molecule has 0 aliphatic carbocycles. The van der Waals surface area contributed by atoms with Crippen LogP contribution in [0.15, 0.2) is 30.3 Å². The van der Waals surface area contributed by atoms with Crippen molar-refractivity contribution in [1.82, 2.24) is 15.5 Å². The van der Waals surface area contributed by atoms with E-state index in [0.29, 0.717) is 0 Å². The molecule has 2 N–H and O–H groups in total. The van der Waals surface area contributed by atoms with Crippen LogP contribution in [-0.2, 0) is 0 Å². The smallest absolute Gasteiger partial charge is 0.282 e. The van der Waals surface area contributed by atoms with Crippen molar-refractivity contribution < 1.29 is 9.90 Å². The monoisotopic (exact) mass is 283 g/mol. The summed E-state index contributed by atoms with van der Waals surface area (Å²) in [5.74, 6) is -0.401. The van der Waals surface area contributed by atoms with Crippen LogP contribution < -0.4 is 5.32 Å². The van der Waals surface area contributed by atoms with Gasteiger partial charge in [-0.05, 0) is 17.2 Å². The largest absolute Gasteiger partial charge is 0.394 e. The average Bonchev–Trinajstić information content (AvgIpc) is 2.83. The third-order valence-corrected chi connectivity index (χ3v) is 3.30. The second-order valence-corrected chi connectivity index (χ2v) is 5.04. The number of amides is 1. The molecule has 18 heavy (non-hydrogen) atoms. The molecular weight excluding hydrogens is 274 g/mol. The lowest BCUT2D eigenvalue weighted by atomic mass is 10.1. The van der Waals surface area contributed by atoms with Gasteiger partial charge in [0.05, 0.1) is 12.6 Å². The van der Waals surface area contributed by atoms with Crippen molar-refractivity contribution in [3.8, 4) is 0 Å². The Labute approximate surface area is 112 Å². The van der Waals surface area contributed by atoms with Crippen LogP contribution in [0.4, 0.5) is 0 Å². The van der Waals surface area contributed by atoms with E-state index in [-0.39, 0.29) is 16.1 Å². The van der Waals surface area contributed by atoms with Gasteiger partial charge in [-0.25, -0.2) is 0 Å². The summed E-state index contributed by atoms with van der Waals surface area (Å²) in [7, 11) is 0. The number of hydrogen-bond donors (Lipinski definition) is 2. The molecule has 1 aromatic carbocycles. The van der Waals surface area contributed by atoms with E-state index < -0.39 is 11.9 Å². The molecule has 2 rings (SSSR count). The molecule has 0 aliphatic rings. The molecule has 1 amide bonds. The number of nitrogens with one attached hydrogen (secondary N) is 1. The SMILES string of the molecule is O=C(NC(CO)c1ccccc1)c1nnc(Cl)s1. The van der Waals surface area contributed by atoms with E-state index in [2.05, 4.69) is 15.5 Å². The van der Waals surface area contributed by atoms with Crippen LogP contribution in [0.1, 0.15) is 21.4 Å². The van der Waals surface area contributed by atoms with Crippen molar-refractivity contribution in [1.29, 1.82) is 0 Å². The van der Waals surface area contributed by atoms with Gasteiger partial charge in [0.1, 0.15) is 0 Å². The number of hydrogen-bond acceptors (Lipinski definition) is 5. The van der Waals surface area contributed by atoms with Crippen molar-refractivity contribution in [3.63, 3.8) is 0 Å². The maximum atomic E-state index is 11.8. The standard InChI is InChI=1S/C11H10ClN3O2S/c12-11-15-14-10(18-11)9(17)13-8(6-16)7-4-2-1-3-5-7/h1-5,8,16H,6H2,(H,13,17). The number of aliphatic hydroxyl groups excluding tert-OH is 1. The second-order valence-electron chi connectivity index (χ2n) is 3.48. The van der Waals surface area contributed by atoms with Gasteiger partial charge in [-0.3, -0.25) is 4.79 Å². The summed E-state index contributed by atoms with van der Waals surface area (Å²) >= 11 is 6.60. The number of aliphatic hydroxyl groups is 1. The quantitative estimate of drug-likeness (QED) is 0.895. The predicted molar refractivity (Wildman–Crippen MR) is 68.7 cm³/mol. The van der Waals surface area contributed by atoms with E-state index in [1.54, 1.807) is 0 Å². The van der Waals surface area contributed by atoms with Crippen LogP contribution in [0, 0.1) is 0 Å². The minimum Gasteiger partial charge on any atom is -0.394 e. The van der Waals surface area contributed by atoms with Crippen molar-refractivity contribution in [2.75, 3.05) is 6.61 Å². The zero-order chi connectivity index (χ0) is 13.0. The van der Waals surface area contributed by atoms with E-state index in [1.807, 2.05) is 30.3 Å². The highest BCUT2D eigenvalue weighted by Gasteiger charge is 2.17. The van der Waals surface area contributed by atoms with Crippen molar-refractivity contribution in [3.05, 3.63) is 45.4 Å². The maximum Gasteiger partial charge on any atom is 0.282 e. The van der Waals surface area contributed by atoms with Gasteiger partial charge in [0.2, 0.25) is 9.47 Å². The molecule has 0 aliphatic heterocycles. The molecule has 7 heteroatoms. The van der Waals surface area contributed by atoms with Crippen LogP contribution in [-0.4, -0.2) is 27.8 Å². The van der Waals surface area contributed by atoms with Crippen LogP contribution in [0.3, 0.4) is 0 Å². The fourth-order valence-electron chi connectivity index (χ4n) is 1.44. The third kappa shape index (κ3) is 3.04. The Morgan fingerprint density at radius 2 is 2.11 bits per heavy atom. The van der Waals surface area contributed by atoms with Gasteiger partial charge >= 0.3 is 0 Å². The summed E-state index contributed by atoms with van der Waals surface area (Å²) in [6.45, 7) is -0.192. The minimum atomic E-state index is -0.471. The molecular formula is C11H10ClN3O2S. The molecule has 2 aromatic rings. The molecule has 1 atom stereocenters. The lowest BCUT2D eigenvalue weighted by Crippen LogP contribution is -2.30. The molecule has 0 spiro atoms. The van der Waals surface area contributed by atoms with Crippen molar-refractivity contribution >= 4 is 28.8 Å².